The molecule has 17 aromatic carbocycles. The number of fused-ring (bicyclic) bond motifs is 37. The second-order valence-electron chi connectivity index (χ2n) is 32.3. The topological polar surface area (TPSA) is 158 Å². The summed E-state index contributed by atoms with van der Waals surface area (Å²) in [7, 11) is 0. The van der Waals surface area contributed by atoms with E-state index in [2.05, 4.69) is 255 Å². The molecule has 14 heteroatoms. The summed E-state index contributed by atoms with van der Waals surface area (Å²) in [6.07, 6.45) is 3.72. The van der Waals surface area contributed by atoms with E-state index in [0.717, 1.165) is 248 Å². The van der Waals surface area contributed by atoms with Gasteiger partial charge in [-0.3, -0.25) is 9.55 Å². The highest BCUT2D eigenvalue weighted by atomic mass is 16.4. The van der Waals surface area contributed by atoms with Gasteiger partial charge in [-0.15, -0.1) is 0 Å². The molecule has 0 aliphatic rings. The zero-order valence-electron chi connectivity index (χ0n) is 67.5. The van der Waals surface area contributed by atoms with Gasteiger partial charge in [0.15, 0.2) is 45.1 Å². The molecule has 0 amide bonds. The predicted octanol–water partition coefficient (Wildman–Crippen LogP) is 30.5. The first kappa shape index (κ1) is 70.2. The molecule has 0 aliphatic carbocycles. The van der Waals surface area contributed by atoms with Gasteiger partial charge >= 0.3 is 0 Å². The van der Waals surface area contributed by atoms with Crippen LogP contribution >= 0.6 is 0 Å². The van der Waals surface area contributed by atoms with E-state index in [1.54, 1.807) is 0 Å². The minimum atomic E-state index is 0.668. The summed E-state index contributed by atoms with van der Waals surface area (Å²) in [6, 6.07) is 129. The van der Waals surface area contributed by atoms with Gasteiger partial charge in [-0.2, -0.15) is 0 Å². The minimum absolute atomic E-state index is 0.668. The predicted molar refractivity (Wildman–Crippen MR) is 514 cm³/mol. The molecule has 0 saturated heterocycles. The highest BCUT2D eigenvalue weighted by Gasteiger charge is 2.32. The van der Waals surface area contributed by atoms with Crippen molar-refractivity contribution in [3.8, 4) is 62.5 Å². The fourth-order valence-corrected chi connectivity index (χ4v) is 19.9. The second kappa shape index (κ2) is 27.5. The first-order chi connectivity index (χ1) is 63.0. The number of pyridine rings is 1. The van der Waals surface area contributed by atoms with Crippen molar-refractivity contribution >= 4 is 208 Å². The lowest BCUT2D eigenvalue weighted by atomic mass is 10.0. The Bertz CT molecular complexity index is 9550. The Morgan fingerprint density at radius 2 is 0.543 bits per heavy atom. The van der Waals surface area contributed by atoms with E-state index < -0.39 is 0 Å². The molecular weight excluding hydrogens is 1570 g/mol. The average molecular weight is 1630 g/mol. The first-order valence-corrected chi connectivity index (χ1v) is 42.4. The first-order valence-electron chi connectivity index (χ1n) is 42.4. The maximum atomic E-state index is 6.67. The van der Waals surface area contributed by atoms with Gasteiger partial charge in [0, 0.05) is 126 Å². The van der Waals surface area contributed by atoms with Crippen LogP contribution in [-0.2, 0) is 0 Å². The summed E-state index contributed by atoms with van der Waals surface area (Å²) in [6.45, 7) is 0. The van der Waals surface area contributed by atoms with Gasteiger partial charge in [0.25, 0.3) is 0 Å². The van der Waals surface area contributed by atoms with Crippen molar-refractivity contribution in [2.45, 2.75) is 0 Å². The van der Waals surface area contributed by atoms with Crippen LogP contribution in [0, 0.1) is 0 Å². The summed E-state index contributed by atoms with van der Waals surface area (Å²) >= 11 is 0. The largest absolute Gasteiger partial charge is 0.452 e. The summed E-state index contributed by atoms with van der Waals surface area (Å²) in [5.41, 5.74) is 24.8. The highest BCUT2D eigenvalue weighted by molar-refractivity contribution is 6.42. The van der Waals surface area contributed by atoms with Gasteiger partial charge in [-0.05, 0) is 84.9 Å². The summed E-state index contributed by atoms with van der Waals surface area (Å²) in [5.74, 6) is 2.16. The molecule has 0 aliphatic heterocycles. The number of nitrogens with zero attached hydrogens (tertiary/aromatic N) is 8. The third-order valence-electron chi connectivity index (χ3n) is 25.2. The Morgan fingerprint density at radius 1 is 0.213 bits per heavy atom. The zero-order chi connectivity index (χ0) is 83.1. The fraction of sp³-hybridized carbons (Fsp3) is 0. The number of aromatic nitrogens is 8. The normalized spacial score (nSPS) is 12.1. The monoisotopic (exact) mass is 1630 g/mol. The Kier molecular flexibility index (Phi) is 15.2. The van der Waals surface area contributed by atoms with Crippen molar-refractivity contribution in [3.63, 3.8) is 0 Å². The number of hydrogen-bond acceptors (Lipinski definition) is 11. The van der Waals surface area contributed by atoms with Crippen molar-refractivity contribution in [1.82, 2.24) is 38.6 Å². The van der Waals surface area contributed by atoms with Gasteiger partial charge in [0.1, 0.15) is 39.3 Å². The molecule has 0 spiro atoms. The lowest BCUT2D eigenvalue weighted by Crippen LogP contribution is -2.02. The molecule has 0 atom stereocenters. The van der Waals surface area contributed by atoms with E-state index in [1.807, 2.05) is 152 Å². The number of hydrogen-bond donors (Lipinski definition) is 0. The minimum Gasteiger partial charge on any atom is -0.452 e. The molecule has 12 aromatic heterocycles. The lowest BCUT2D eigenvalue weighted by Gasteiger charge is -2.13. The van der Waals surface area contributed by atoms with E-state index in [4.69, 9.17) is 46.4 Å². The van der Waals surface area contributed by atoms with Crippen LogP contribution in [-0.4, -0.2) is 38.6 Å². The van der Waals surface area contributed by atoms with E-state index in [9.17, 15) is 0 Å². The van der Waals surface area contributed by atoms with E-state index >= 15 is 0 Å². The molecule has 0 saturated carbocycles. The average Bonchev–Trinajstić information content (AvgIpc) is 1.53. The molecule has 0 fully saturated rings. The van der Waals surface area contributed by atoms with Crippen molar-refractivity contribution in [2.75, 3.05) is 0 Å². The smallest absolute Gasteiger partial charge is 0.180 e. The molecule has 0 bridgehead atoms. The van der Waals surface area contributed by atoms with Crippen molar-refractivity contribution < 1.29 is 26.5 Å². The number of benzene rings is 17. The second-order valence-corrected chi connectivity index (χ2v) is 32.3. The molecule has 127 heavy (non-hydrogen) atoms. The van der Waals surface area contributed by atoms with Crippen LogP contribution in [0.2, 0.25) is 0 Å². The van der Waals surface area contributed by atoms with E-state index in [-0.39, 0.29) is 0 Å². The maximum Gasteiger partial charge on any atom is 0.180 e. The maximum absolute atomic E-state index is 6.67. The molecule has 14 nitrogen and oxygen atoms in total. The number of furan rings is 6. The Labute approximate surface area is 719 Å². The highest BCUT2D eigenvalue weighted by Crippen LogP contribution is 2.54. The van der Waals surface area contributed by atoms with Gasteiger partial charge in [-0.1, -0.05) is 285 Å². The van der Waals surface area contributed by atoms with Crippen molar-refractivity contribution in [3.05, 3.63) is 389 Å². The molecule has 0 N–H and O–H groups in total. The molecule has 29 aromatic rings. The zero-order valence-corrected chi connectivity index (χ0v) is 67.5. The molecule has 0 radical (unpaired) electrons. The Balaban J connectivity index is 0.000000101. The van der Waals surface area contributed by atoms with Crippen LogP contribution < -0.4 is 0 Å². The lowest BCUT2D eigenvalue weighted by molar-refractivity contribution is 0.633. The molecule has 12 heterocycles. The Hall–Kier alpha value is -17.5. The van der Waals surface area contributed by atoms with Gasteiger partial charge in [0.05, 0.1) is 78.0 Å². The third kappa shape index (κ3) is 10.5. The van der Waals surface area contributed by atoms with Crippen molar-refractivity contribution in [2.24, 2.45) is 0 Å². The summed E-state index contributed by atoms with van der Waals surface area (Å²) in [5, 5.41) is 20.6. The van der Waals surface area contributed by atoms with Crippen molar-refractivity contribution in [1.29, 1.82) is 0 Å². The van der Waals surface area contributed by atoms with Crippen LogP contribution in [0.3, 0.4) is 0 Å². The fourth-order valence-electron chi connectivity index (χ4n) is 19.9. The van der Waals surface area contributed by atoms with Crippen LogP contribution in [0.1, 0.15) is 0 Å². The summed E-state index contributed by atoms with van der Waals surface area (Å²) < 4.78 is 46.4. The summed E-state index contributed by atoms with van der Waals surface area (Å²) in [4.78, 5) is 25.0. The number of para-hydroxylation sites is 9. The van der Waals surface area contributed by atoms with Crippen LogP contribution in [0.25, 0.3) is 270 Å². The number of rotatable bonds is 7. The van der Waals surface area contributed by atoms with Gasteiger partial charge < -0.3 is 35.6 Å². The standard InChI is InChI=1S/C44H25N3O2.C40H23N3O2.C29H16N2O2/c1-3-13-26(14-4-1)40-32-25-28(23-24-33(32)45-44(46-40)27-15-5-2-6-16-27)47-34-20-10-7-17-29(34)37-38-30-18-8-11-21-35(30)48-42(38)43-39(41(37)47)31-19-9-12-22-36(31)49-43;1-3-13-24(14-4-1)29-23-33(42-40(41-29)25-15-5-2-6-16-25)43-30-20-10-7-17-26(30)34-35-27-18-8-11-21-31(27)44-38(35)39-36(37(34)43)28-19-9-12-22-32(28)45-39;1-4-12-21-18(9-1)24-25-19-10-2-5-13-22(19)32-28(25)29-26(20-11-3-6-14-23(20)33-29)27(24)31(21)17-8-7-15-30-16-17/h1-25H;1-23H;1-16H. The quantitative estimate of drug-likeness (QED) is 0.149. The van der Waals surface area contributed by atoms with Crippen LogP contribution in [0.5, 0.6) is 0 Å². The molecule has 29 rings (SSSR count). The third-order valence-corrected chi connectivity index (χ3v) is 25.2. The van der Waals surface area contributed by atoms with Crippen LogP contribution in [0.4, 0.5) is 0 Å². The molecule has 592 valence electrons. The van der Waals surface area contributed by atoms with E-state index in [1.165, 1.54) is 10.8 Å². The van der Waals surface area contributed by atoms with Gasteiger partial charge in [0.2, 0.25) is 0 Å². The SMILES string of the molecule is c1ccc(-c2cc(-n3c4ccccc4c4c5c6ccccc6oc5c5oc6ccccc6c5c43)nc(-c3ccccc3)n2)cc1.c1ccc(-c2nc(-c3ccccc3)c3cc(-n4c5ccccc5c5c6c7ccccc7oc6c6oc7ccccc7c6c54)ccc3n2)cc1.c1cncc(-n2c3ccccc3c3c4c5ccccc5oc4c4oc5ccccc5c4c32)c1. The van der Waals surface area contributed by atoms with E-state index in [0.29, 0.717) is 11.6 Å². The molecular formula is C113H64N8O6. The molecule has 0 unspecified atom stereocenters. The Morgan fingerprint density at radius 3 is 0.953 bits per heavy atom. The van der Waals surface area contributed by atoms with Crippen LogP contribution in [0.15, 0.2) is 415 Å². The van der Waals surface area contributed by atoms with Gasteiger partial charge in [-0.25, -0.2) is 19.9 Å².